The first-order valence-electron chi connectivity index (χ1n) is 10.9. The molecule has 0 rings (SSSR count). The molecular weight excluding hydrogens is 377 g/mol. The van der Waals surface area contributed by atoms with Crippen molar-refractivity contribution in [1.29, 1.82) is 0 Å². The van der Waals surface area contributed by atoms with E-state index in [4.69, 9.17) is 14.6 Å². The Labute approximate surface area is 174 Å². The lowest BCUT2D eigenvalue weighted by molar-refractivity contribution is -0.0174. The van der Waals surface area contributed by atoms with E-state index in [2.05, 4.69) is 27.7 Å². The van der Waals surface area contributed by atoms with E-state index in [-0.39, 0.29) is 26.7 Å². The number of nitrogens with zero attached hydrogens (tertiary/aromatic N) is 1. The Morgan fingerprint density at radius 1 is 0.929 bits per heavy atom. The van der Waals surface area contributed by atoms with E-state index in [1.54, 1.807) is 6.92 Å². The summed E-state index contributed by atoms with van der Waals surface area (Å²) in [6.07, 6.45) is 4.33. The van der Waals surface area contributed by atoms with Gasteiger partial charge >= 0.3 is 0 Å². The highest BCUT2D eigenvalue weighted by atomic mass is 31.1. The van der Waals surface area contributed by atoms with E-state index in [0.717, 1.165) is 25.8 Å². The maximum atomic E-state index is 9.72. The van der Waals surface area contributed by atoms with Gasteiger partial charge in [0.15, 0.2) is 0 Å². The molecule has 0 bridgehead atoms. The van der Waals surface area contributed by atoms with Gasteiger partial charge in [0.05, 0.1) is 37.9 Å². The monoisotopic (exact) mass is 423 g/mol. The van der Waals surface area contributed by atoms with Crippen LogP contribution in [0.2, 0.25) is 0 Å². The molecule has 0 amide bonds. The number of hydrogen-bond donors (Lipinski definition) is 3. The smallest absolute Gasteiger partial charge is 0.0897 e. The zero-order valence-corrected chi connectivity index (χ0v) is 19.9. The summed E-state index contributed by atoms with van der Waals surface area (Å²) in [5.74, 6) is 0.528. The topological polar surface area (TPSA) is 82.4 Å². The minimum Gasteiger partial charge on any atom is -0.394 e. The van der Waals surface area contributed by atoms with Crippen molar-refractivity contribution >= 4 is 7.92 Å². The molecule has 0 aliphatic heterocycles. The van der Waals surface area contributed by atoms with Crippen molar-refractivity contribution in [3.05, 3.63) is 0 Å². The third-order valence-corrected chi connectivity index (χ3v) is 7.37. The SMILES string of the molecule is CCP(CC)COCC(C)CCC(C)OCC(C)N(CC(C)O)CC(O)CO. The van der Waals surface area contributed by atoms with Gasteiger partial charge in [0, 0.05) is 25.7 Å². The van der Waals surface area contributed by atoms with Gasteiger partial charge < -0.3 is 24.8 Å². The molecule has 0 heterocycles. The van der Waals surface area contributed by atoms with Crippen molar-refractivity contribution in [3.8, 4) is 0 Å². The molecule has 0 saturated carbocycles. The largest absolute Gasteiger partial charge is 0.394 e. The van der Waals surface area contributed by atoms with Crippen molar-refractivity contribution in [1.82, 2.24) is 4.90 Å². The van der Waals surface area contributed by atoms with E-state index < -0.39 is 12.2 Å². The standard InChI is InChI=1S/C21H46NO5P/c1-7-28(8-2)16-26-14-17(3)9-10-20(6)27-15-18(4)22(11-19(5)24)12-21(25)13-23/h17-21,23-25H,7-16H2,1-6H3. The Morgan fingerprint density at radius 2 is 1.57 bits per heavy atom. The van der Waals surface area contributed by atoms with Gasteiger partial charge in [0.25, 0.3) is 0 Å². The lowest BCUT2D eigenvalue weighted by atomic mass is 10.0. The molecule has 5 atom stereocenters. The fourth-order valence-corrected chi connectivity index (χ4v) is 4.16. The van der Waals surface area contributed by atoms with Crippen LogP contribution in [0, 0.1) is 5.92 Å². The summed E-state index contributed by atoms with van der Waals surface area (Å²) in [5, 5.41) is 28.5. The van der Waals surface area contributed by atoms with Crippen molar-refractivity contribution in [3.63, 3.8) is 0 Å². The Hall–Kier alpha value is 0.190. The first-order chi connectivity index (χ1) is 13.2. The van der Waals surface area contributed by atoms with Crippen molar-refractivity contribution in [2.45, 2.75) is 78.7 Å². The molecule has 0 radical (unpaired) electrons. The quantitative estimate of drug-likeness (QED) is 0.294. The minimum atomic E-state index is -0.805. The van der Waals surface area contributed by atoms with Crippen LogP contribution in [0.25, 0.3) is 0 Å². The second-order valence-corrected chi connectivity index (χ2v) is 11.0. The number of aliphatic hydroxyl groups is 3. The summed E-state index contributed by atoms with van der Waals surface area (Å²) in [6.45, 7) is 14.4. The molecule has 3 N–H and O–H groups in total. The predicted octanol–water partition coefficient (Wildman–Crippen LogP) is 2.73. The van der Waals surface area contributed by atoms with Gasteiger partial charge in [-0.15, -0.1) is 0 Å². The zero-order chi connectivity index (χ0) is 21.5. The molecule has 0 spiro atoms. The average molecular weight is 424 g/mol. The van der Waals surface area contributed by atoms with E-state index in [9.17, 15) is 10.2 Å². The lowest BCUT2D eigenvalue weighted by Crippen LogP contribution is -2.45. The highest BCUT2D eigenvalue weighted by molar-refractivity contribution is 7.57. The number of rotatable bonds is 18. The Balaban J connectivity index is 4.13. The molecule has 0 aromatic heterocycles. The van der Waals surface area contributed by atoms with Gasteiger partial charge in [-0.3, -0.25) is 4.90 Å². The van der Waals surface area contributed by atoms with Gasteiger partial charge in [0.2, 0.25) is 0 Å². The second kappa shape index (κ2) is 16.9. The molecule has 0 aromatic carbocycles. The summed E-state index contributed by atoms with van der Waals surface area (Å²) in [6, 6.07) is 0.0568. The van der Waals surface area contributed by atoms with Crippen LogP contribution in [0.15, 0.2) is 0 Å². The average Bonchev–Trinajstić information content (AvgIpc) is 2.66. The molecule has 170 valence electrons. The van der Waals surface area contributed by atoms with E-state index >= 15 is 0 Å². The Kier molecular flexibility index (Phi) is 17.0. The van der Waals surface area contributed by atoms with Crippen molar-refractivity contribution in [2.75, 3.05) is 51.6 Å². The van der Waals surface area contributed by atoms with Gasteiger partial charge in [0.1, 0.15) is 0 Å². The van der Waals surface area contributed by atoms with E-state index in [1.807, 2.05) is 11.8 Å². The first-order valence-corrected chi connectivity index (χ1v) is 12.8. The molecule has 0 aromatic rings. The van der Waals surface area contributed by atoms with Crippen LogP contribution >= 0.6 is 7.92 Å². The number of ether oxygens (including phenoxy) is 2. The predicted molar refractivity (Wildman–Crippen MR) is 118 cm³/mol. The molecule has 0 saturated heterocycles. The highest BCUT2D eigenvalue weighted by Gasteiger charge is 2.20. The highest BCUT2D eigenvalue weighted by Crippen LogP contribution is 2.33. The molecule has 28 heavy (non-hydrogen) atoms. The van der Waals surface area contributed by atoms with Crippen LogP contribution in [0.4, 0.5) is 0 Å². The van der Waals surface area contributed by atoms with Crippen molar-refractivity contribution in [2.24, 2.45) is 5.92 Å². The first kappa shape index (κ1) is 28.2. The van der Waals surface area contributed by atoms with E-state index in [0.29, 0.717) is 25.6 Å². The van der Waals surface area contributed by atoms with Gasteiger partial charge in [-0.05, 0) is 51.9 Å². The molecule has 0 aliphatic carbocycles. The van der Waals surface area contributed by atoms with Gasteiger partial charge in [-0.2, -0.15) is 0 Å². The van der Waals surface area contributed by atoms with Crippen LogP contribution in [-0.2, 0) is 9.47 Å². The molecule has 5 unspecified atom stereocenters. The normalized spacial score (nSPS) is 17.7. The van der Waals surface area contributed by atoms with E-state index in [1.165, 1.54) is 12.3 Å². The third-order valence-electron chi connectivity index (χ3n) is 5.04. The maximum absolute atomic E-state index is 9.72. The van der Waals surface area contributed by atoms with Crippen molar-refractivity contribution < 1.29 is 24.8 Å². The molecule has 0 aliphatic rings. The summed E-state index contributed by atoms with van der Waals surface area (Å²) in [7, 11) is 0.0547. The Morgan fingerprint density at radius 3 is 2.11 bits per heavy atom. The minimum absolute atomic E-state index is 0.0547. The summed E-state index contributed by atoms with van der Waals surface area (Å²) in [4.78, 5) is 1.97. The van der Waals surface area contributed by atoms with Crippen LogP contribution in [0.5, 0.6) is 0 Å². The van der Waals surface area contributed by atoms with Gasteiger partial charge in [-0.1, -0.05) is 28.7 Å². The van der Waals surface area contributed by atoms with Crippen LogP contribution in [0.1, 0.15) is 54.4 Å². The molecule has 6 nitrogen and oxygen atoms in total. The maximum Gasteiger partial charge on any atom is 0.0897 e. The second-order valence-electron chi connectivity index (χ2n) is 8.12. The molecule has 7 heteroatoms. The van der Waals surface area contributed by atoms with Gasteiger partial charge in [-0.25, -0.2) is 0 Å². The summed E-state index contributed by atoms with van der Waals surface area (Å²) < 4.78 is 11.9. The zero-order valence-electron chi connectivity index (χ0n) is 19.0. The fraction of sp³-hybridized carbons (Fsp3) is 1.00. The molecule has 0 fully saturated rings. The number of hydrogen-bond acceptors (Lipinski definition) is 6. The van der Waals surface area contributed by atoms with Crippen LogP contribution in [0.3, 0.4) is 0 Å². The lowest BCUT2D eigenvalue weighted by Gasteiger charge is -2.32. The third kappa shape index (κ3) is 14.2. The van der Waals surface area contributed by atoms with Crippen LogP contribution in [-0.4, -0.2) is 96.2 Å². The summed E-state index contributed by atoms with van der Waals surface area (Å²) in [5.41, 5.74) is 0. The van der Waals surface area contributed by atoms with Crippen LogP contribution < -0.4 is 0 Å². The fourth-order valence-electron chi connectivity index (χ4n) is 2.99. The molecular formula is C21H46NO5P. The number of aliphatic hydroxyl groups excluding tert-OH is 3. The Bertz CT molecular complexity index is 358. The summed E-state index contributed by atoms with van der Waals surface area (Å²) >= 11 is 0.